The van der Waals surface area contributed by atoms with E-state index in [0.717, 1.165) is 43.8 Å². The first-order valence-electron chi connectivity index (χ1n) is 10.4. The second-order valence-corrected chi connectivity index (χ2v) is 8.17. The van der Waals surface area contributed by atoms with Gasteiger partial charge in [0.15, 0.2) is 0 Å². The van der Waals surface area contributed by atoms with Crippen LogP contribution in [0.5, 0.6) is 5.75 Å². The summed E-state index contributed by atoms with van der Waals surface area (Å²) >= 11 is 0. The van der Waals surface area contributed by atoms with E-state index in [0.29, 0.717) is 11.8 Å². The molecule has 2 aliphatic rings. The molecule has 2 atom stereocenters. The van der Waals surface area contributed by atoms with Crippen LogP contribution in [-0.2, 0) is 6.42 Å². The van der Waals surface area contributed by atoms with E-state index in [4.69, 9.17) is 4.74 Å². The Morgan fingerprint density at radius 2 is 1.67 bits per heavy atom. The van der Waals surface area contributed by atoms with Crippen LogP contribution in [0.4, 0.5) is 0 Å². The first-order chi connectivity index (χ1) is 13.2. The number of hydrogen-bond acceptors (Lipinski definition) is 3. The molecular formula is C24H31NO2. The van der Waals surface area contributed by atoms with Gasteiger partial charge in [0.25, 0.3) is 0 Å². The SMILES string of the molecule is COc1ccccc1C1CCN(CC2CCc3ccccc3C(O)C2)CC1. The van der Waals surface area contributed by atoms with Gasteiger partial charge >= 0.3 is 0 Å². The topological polar surface area (TPSA) is 32.7 Å². The molecule has 1 aliphatic carbocycles. The van der Waals surface area contributed by atoms with Crippen molar-refractivity contribution < 1.29 is 9.84 Å². The maximum atomic E-state index is 10.7. The fraction of sp³-hybridized carbons (Fsp3) is 0.500. The Kier molecular flexibility index (Phi) is 5.80. The average Bonchev–Trinajstić information content (AvgIpc) is 2.87. The Bertz CT molecular complexity index is 752. The smallest absolute Gasteiger partial charge is 0.122 e. The van der Waals surface area contributed by atoms with Crippen molar-refractivity contribution in [1.82, 2.24) is 4.90 Å². The quantitative estimate of drug-likeness (QED) is 0.806. The summed E-state index contributed by atoms with van der Waals surface area (Å²) in [5, 5.41) is 10.7. The minimum absolute atomic E-state index is 0.306. The summed E-state index contributed by atoms with van der Waals surface area (Å²) < 4.78 is 5.56. The second kappa shape index (κ2) is 8.45. The fourth-order valence-electron chi connectivity index (χ4n) is 4.97. The monoisotopic (exact) mass is 365 g/mol. The van der Waals surface area contributed by atoms with Crippen LogP contribution >= 0.6 is 0 Å². The van der Waals surface area contributed by atoms with Gasteiger partial charge in [-0.2, -0.15) is 0 Å². The number of likely N-dealkylation sites (tertiary alicyclic amines) is 1. The maximum Gasteiger partial charge on any atom is 0.122 e. The van der Waals surface area contributed by atoms with E-state index >= 15 is 0 Å². The zero-order valence-electron chi connectivity index (χ0n) is 16.3. The van der Waals surface area contributed by atoms with Crippen molar-refractivity contribution in [2.24, 2.45) is 5.92 Å². The van der Waals surface area contributed by atoms with Gasteiger partial charge in [-0.1, -0.05) is 42.5 Å². The molecule has 0 radical (unpaired) electrons. The van der Waals surface area contributed by atoms with Crippen molar-refractivity contribution in [3.8, 4) is 5.75 Å². The zero-order chi connectivity index (χ0) is 18.6. The van der Waals surface area contributed by atoms with Crippen LogP contribution < -0.4 is 4.74 Å². The lowest BCUT2D eigenvalue weighted by Crippen LogP contribution is -2.37. The van der Waals surface area contributed by atoms with Crippen LogP contribution in [0.1, 0.15) is 54.4 Å². The third-order valence-corrected chi connectivity index (χ3v) is 6.48. The molecule has 0 saturated carbocycles. The molecule has 2 aromatic carbocycles. The highest BCUT2D eigenvalue weighted by molar-refractivity contribution is 5.36. The number of methoxy groups -OCH3 is 1. The summed E-state index contributed by atoms with van der Waals surface area (Å²) in [6.07, 6.45) is 5.24. The molecule has 1 heterocycles. The molecule has 2 unspecified atom stereocenters. The van der Waals surface area contributed by atoms with Gasteiger partial charge in [0.1, 0.15) is 5.75 Å². The average molecular weight is 366 g/mol. The molecule has 2 aromatic rings. The van der Waals surface area contributed by atoms with Crippen molar-refractivity contribution in [3.05, 3.63) is 65.2 Å². The van der Waals surface area contributed by atoms with Gasteiger partial charge in [0.05, 0.1) is 13.2 Å². The Balaban J connectivity index is 1.33. The second-order valence-electron chi connectivity index (χ2n) is 8.17. The minimum Gasteiger partial charge on any atom is -0.496 e. The predicted octanol–water partition coefficient (Wildman–Crippen LogP) is 4.56. The van der Waals surface area contributed by atoms with E-state index in [1.165, 1.54) is 30.4 Å². The van der Waals surface area contributed by atoms with Crippen LogP contribution in [0.2, 0.25) is 0 Å². The van der Waals surface area contributed by atoms with Crippen molar-refractivity contribution >= 4 is 0 Å². The Labute approximate surface area is 163 Å². The molecule has 1 fully saturated rings. The van der Waals surface area contributed by atoms with Crippen molar-refractivity contribution in [1.29, 1.82) is 0 Å². The van der Waals surface area contributed by atoms with E-state index in [1.54, 1.807) is 7.11 Å². The standard InChI is InChI=1S/C24H31NO2/c1-27-24-9-5-4-8-22(24)20-12-14-25(15-13-20)17-18-10-11-19-6-2-3-7-21(19)23(26)16-18/h2-9,18,20,23,26H,10-17H2,1H3. The van der Waals surface area contributed by atoms with Gasteiger partial charge < -0.3 is 14.7 Å². The normalized spacial score (nSPS) is 24.2. The molecule has 4 rings (SSSR count). The Morgan fingerprint density at radius 3 is 2.44 bits per heavy atom. The van der Waals surface area contributed by atoms with E-state index in [-0.39, 0.29) is 6.10 Å². The van der Waals surface area contributed by atoms with Crippen LogP contribution in [-0.4, -0.2) is 36.8 Å². The first-order valence-corrected chi connectivity index (χ1v) is 10.4. The van der Waals surface area contributed by atoms with E-state index in [1.807, 2.05) is 12.1 Å². The summed E-state index contributed by atoms with van der Waals surface area (Å²) in [5.74, 6) is 2.21. The van der Waals surface area contributed by atoms with Gasteiger partial charge in [0.2, 0.25) is 0 Å². The lowest BCUT2D eigenvalue weighted by molar-refractivity contribution is 0.117. The van der Waals surface area contributed by atoms with Gasteiger partial charge in [0, 0.05) is 6.54 Å². The van der Waals surface area contributed by atoms with Crippen molar-refractivity contribution in [2.75, 3.05) is 26.7 Å². The number of benzene rings is 2. The minimum atomic E-state index is -0.306. The number of para-hydroxylation sites is 1. The summed E-state index contributed by atoms with van der Waals surface area (Å²) in [7, 11) is 1.77. The molecule has 1 saturated heterocycles. The lowest BCUT2D eigenvalue weighted by atomic mass is 9.88. The molecule has 1 aliphatic heterocycles. The molecule has 3 heteroatoms. The van der Waals surface area contributed by atoms with E-state index in [2.05, 4.69) is 41.3 Å². The van der Waals surface area contributed by atoms with E-state index < -0.39 is 0 Å². The highest BCUT2D eigenvalue weighted by Gasteiger charge is 2.27. The number of aliphatic hydroxyl groups excluding tert-OH is 1. The molecule has 27 heavy (non-hydrogen) atoms. The van der Waals surface area contributed by atoms with Crippen LogP contribution in [0.3, 0.4) is 0 Å². The number of nitrogens with zero attached hydrogens (tertiary/aromatic N) is 1. The Hall–Kier alpha value is -1.84. The third kappa shape index (κ3) is 4.20. The molecule has 0 bridgehead atoms. The third-order valence-electron chi connectivity index (χ3n) is 6.48. The van der Waals surface area contributed by atoms with Crippen LogP contribution in [0.25, 0.3) is 0 Å². The number of fused-ring (bicyclic) bond motifs is 1. The maximum absolute atomic E-state index is 10.7. The molecule has 0 spiro atoms. The number of hydrogen-bond donors (Lipinski definition) is 1. The molecule has 0 amide bonds. The number of rotatable bonds is 4. The lowest BCUT2D eigenvalue weighted by Gasteiger charge is -2.35. The Morgan fingerprint density at radius 1 is 0.963 bits per heavy atom. The largest absolute Gasteiger partial charge is 0.496 e. The first kappa shape index (κ1) is 18.5. The number of piperidine rings is 1. The van der Waals surface area contributed by atoms with Gasteiger partial charge in [-0.3, -0.25) is 0 Å². The molecule has 3 nitrogen and oxygen atoms in total. The van der Waals surface area contributed by atoms with Crippen LogP contribution in [0, 0.1) is 5.92 Å². The fourth-order valence-corrected chi connectivity index (χ4v) is 4.97. The molecule has 0 aromatic heterocycles. The van der Waals surface area contributed by atoms with Crippen molar-refractivity contribution in [3.63, 3.8) is 0 Å². The van der Waals surface area contributed by atoms with Gasteiger partial charge in [-0.25, -0.2) is 0 Å². The van der Waals surface area contributed by atoms with Crippen LogP contribution in [0.15, 0.2) is 48.5 Å². The molecule has 144 valence electrons. The van der Waals surface area contributed by atoms with Crippen molar-refractivity contribution in [2.45, 2.75) is 44.1 Å². The predicted molar refractivity (Wildman–Crippen MR) is 109 cm³/mol. The number of aliphatic hydroxyl groups is 1. The van der Waals surface area contributed by atoms with Gasteiger partial charge in [-0.05, 0) is 79.8 Å². The highest BCUT2D eigenvalue weighted by Crippen LogP contribution is 2.36. The number of ether oxygens (including phenoxy) is 1. The number of aryl methyl sites for hydroxylation is 1. The molecular weight excluding hydrogens is 334 g/mol. The van der Waals surface area contributed by atoms with E-state index in [9.17, 15) is 5.11 Å². The van der Waals surface area contributed by atoms with Gasteiger partial charge in [-0.15, -0.1) is 0 Å². The summed E-state index contributed by atoms with van der Waals surface area (Å²) in [6.45, 7) is 3.40. The summed E-state index contributed by atoms with van der Waals surface area (Å²) in [5.41, 5.74) is 3.84. The summed E-state index contributed by atoms with van der Waals surface area (Å²) in [4.78, 5) is 2.61. The molecule has 1 N–H and O–H groups in total. The highest BCUT2D eigenvalue weighted by atomic mass is 16.5. The summed E-state index contributed by atoms with van der Waals surface area (Å²) in [6, 6.07) is 16.9. The zero-order valence-corrected chi connectivity index (χ0v) is 16.3.